The number of carbonyl (C=O) groups excluding carboxylic acids is 4. The summed E-state index contributed by atoms with van der Waals surface area (Å²) >= 11 is 0. The molecule has 4 amide bonds. The van der Waals surface area contributed by atoms with Gasteiger partial charge in [0.25, 0.3) is 11.8 Å². The van der Waals surface area contributed by atoms with Crippen molar-refractivity contribution in [3.63, 3.8) is 0 Å². The van der Waals surface area contributed by atoms with Gasteiger partial charge in [0, 0.05) is 38.2 Å². The molecule has 128 valence electrons. The lowest BCUT2D eigenvalue weighted by Gasteiger charge is -2.13. The molecule has 0 aromatic carbocycles. The van der Waals surface area contributed by atoms with Crippen molar-refractivity contribution in [2.24, 2.45) is 0 Å². The highest BCUT2D eigenvalue weighted by Gasteiger charge is 2.23. The second-order valence-corrected chi connectivity index (χ2v) is 4.70. The first-order chi connectivity index (χ1) is 11.0. The zero-order valence-electron chi connectivity index (χ0n) is 13.1. The molecule has 0 saturated heterocycles. The van der Waals surface area contributed by atoms with E-state index >= 15 is 0 Å². The second-order valence-electron chi connectivity index (χ2n) is 4.70. The van der Waals surface area contributed by atoms with Crippen LogP contribution in [-0.4, -0.2) is 61.4 Å². The molecule has 0 aliphatic carbocycles. The number of nitrogens with zero attached hydrogens (tertiary/aromatic N) is 1. The molecule has 0 aromatic rings. The molecular formula is C14H22N4O5. The molecule has 0 atom stereocenters. The molecular weight excluding hydrogens is 304 g/mol. The summed E-state index contributed by atoms with van der Waals surface area (Å²) in [6.07, 6.45) is 2.64. The average Bonchev–Trinajstić information content (AvgIpc) is 2.85. The van der Waals surface area contributed by atoms with E-state index in [1.165, 1.54) is 12.2 Å². The molecule has 0 bridgehead atoms. The second kappa shape index (κ2) is 10.5. The Bertz CT molecular complexity index is 460. The Balaban J connectivity index is 1.99. The van der Waals surface area contributed by atoms with Gasteiger partial charge in [-0.2, -0.15) is 0 Å². The van der Waals surface area contributed by atoms with E-state index in [0.29, 0.717) is 13.1 Å². The number of hydrogen-bond donors (Lipinski definition) is 3. The van der Waals surface area contributed by atoms with Crippen molar-refractivity contribution in [2.75, 3.05) is 32.8 Å². The lowest BCUT2D eigenvalue weighted by atomic mass is 10.3. The summed E-state index contributed by atoms with van der Waals surface area (Å²) in [7, 11) is 0. The van der Waals surface area contributed by atoms with E-state index in [-0.39, 0.29) is 44.4 Å². The largest absolute Gasteiger partial charge is 0.379 e. The van der Waals surface area contributed by atoms with Crippen LogP contribution in [0.1, 0.15) is 19.8 Å². The third-order valence-electron chi connectivity index (χ3n) is 2.91. The van der Waals surface area contributed by atoms with E-state index < -0.39 is 11.8 Å². The fraction of sp³-hybridized carbons (Fsp3) is 0.571. The van der Waals surface area contributed by atoms with Crippen LogP contribution in [0, 0.1) is 0 Å². The highest BCUT2D eigenvalue weighted by Crippen LogP contribution is 2.03. The molecule has 23 heavy (non-hydrogen) atoms. The molecule has 1 aliphatic rings. The summed E-state index contributed by atoms with van der Waals surface area (Å²) in [5, 5.41) is 2.61. The molecule has 0 spiro atoms. The third kappa shape index (κ3) is 7.52. The minimum atomic E-state index is -0.401. The van der Waals surface area contributed by atoms with Gasteiger partial charge in [0.2, 0.25) is 11.8 Å². The molecule has 0 aromatic heterocycles. The van der Waals surface area contributed by atoms with Crippen molar-refractivity contribution in [1.82, 2.24) is 21.1 Å². The molecule has 1 rings (SSSR count). The van der Waals surface area contributed by atoms with Crippen LogP contribution < -0.4 is 16.2 Å². The van der Waals surface area contributed by atoms with Crippen molar-refractivity contribution in [1.29, 1.82) is 0 Å². The number of hydrazine groups is 1. The zero-order valence-corrected chi connectivity index (χ0v) is 13.1. The van der Waals surface area contributed by atoms with Crippen LogP contribution in [0.4, 0.5) is 0 Å². The van der Waals surface area contributed by atoms with Crippen molar-refractivity contribution in [3.8, 4) is 0 Å². The maximum absolute atomic E-state index is 11.6. The molecule has 0 unspecified atom stereocenters. The highest BCUT2D eigenvalue weighted by molar-refractivity contribution is 6.13. The Morgan fingerprint density at radius 1 is 1.09 bits per heavy atom. The maximum Gasteiger partial charge on any atom is 0.253 e. The summed E-state index contributed by atoms with van der Waals surface area (Å²) < 4.78 is 5.21. The van der Waals surface area contributed by atoms with Gasteiger partial charge >= 0.3 is 0 Å². The summed E-state index contributed by atoms with van der Waals surface area (Å²) in [4.78, 5) is 46.4. The van der Waals surface area contributed by atoms with Gasteiger partial charge in [-0.15, -0.1) is 0 Å². The molecule has 9 heteroatoms. The number of rotatable bonds is 11. The van der Waals surface area contributed by atoms with Gasteiger partial charge in [-0.1, -0.05) is 6.92 Å². The Kier molecular flexibility index (Phi) is 8.55. The van der Waals surface area contributed by atoms with E-state index in [2.05, 4.69) is 16.2 Å². The SMILES string of the molecule is CCNNC(=O)CCOCCNC(=O)CCN1C(=O)C=CC1=O. The quantitative estimate of drug-likeness (QED) is 0.241. The summed E-state index contributed by atoms with van der Waals surface area (Å²) in [5.41, 5.74) is 5.18. The fourth-order valence-corrected chi connectivity index (χ4v) is 1.73. The molecule has 0 radical (unpaired) electrons. The van der Waals surface area contributed by atoms with E-state index in [4.69, 9.17) is 4.74 Å². The molecule has 9 nitrogen and oxygen atoms in total. The average molecular weight is 326 g/mol. The molecule has 0 saturated carbocycles. The summed E-state index contributed by atoms with van der Waals surface area (Å²) in [6, 6.07) is 0. The van der Waals surface area contributed by atoms with Crippen LogP contribution in [0.2, 0.25) is 0 Å². The monoisotopic (exact) mass is 326 g/mol. The molecule has 1 aliphatic heterocycles. The Labute approximate surface area is 134 Å². The predicted molar refractivity (Wildman–Crippen MR) is 80.7 cm³/mol. The first kappa shape index (κ1) is 18.8. The highest BCUT2D eigenvalue weighted by atomic mass is 16.5. The van der Waals surface area contributed by atoms with Gasteiger partial charge in [0.15, 0.2) is 0 Å². The minimum absolute atomic E-state index is 0.0459. The molecule has 1 heterocycles. The number of amides is 4. The smallest absolute Gasteiger partial charge is 0.253 e. The lowest BCUT2D eigenvalue weighted by Crippen LogP contribution is -2.37. The first-order valence-corrected chi connectivity index (χ1v) is 7.44. The van der Waals surface area contributed by atoms with Crippen LogP contribution in [0.3, 0.4) is 0 Å². The maximum atomic E-state index is 11.6. The lowest BCUT2D eigenvalue weighted by molar-refractivity contribution is -0.137. The molecule has 0 fully saturated rings. The third-order valence-corrected chi connectivity index (χ3v) is 2.91. The standard InChI is InChI=1S/C14H22N4O5/c1-2-16-17-12(20)6-9-23-10-7-15-11(19)5-8-18-13(21)3-4-14(18)22/h3-4,16H,2,5-10H2,1H3,(H,15,19)(H,17,20). The van der Waals surface area contributed by atoms with Crippen LogP contribution in [0.25, 0.3) is 0 Å². The summed E-state index contributed by atoms with van der Waals surface area (Å²) in [6.45, 7) is 3.41. The van der Waals surface area contributed by atoms with Gasteiger partial charge in [-0.25, -0.2) is 5.43 Å². The topological polar surface area (TPSA) is 117 Å². The number of nitrogens with one attached hydrogen (secondary N) is 3. The Morgan fingerprint density at radius 2 is 1.78 bits per heavy atom. The van der Waals surface area contributed by atoms with E-state index in [0.717, 1.165) is 4.90 Å². The van der Waals surface area contributed by atoms with Crippen molar-refractivity contribution in [3.05, 3.63) is 12.2 Å². The van der Waals surface area contributed by atoms with Crippen LogP contribution in [0.15, 0.2) is 12.2 Å². The van der Waals surface area contributed by atoms with E-state index in [1.54, 1.807) is 0 Å². The van der Waals surface area contributed by atoms with Gasteiger partial charge in [-0.05, 0) is 0 Å². The van der Waals surface area contributed by atoms with Gasteiger partial charge in [0.05, 0.1) is 19.6 Å². The van der Waals surface area contributed by atoms with Crippen molar-refractivity contribution >= 4 is 23.6 Å². The first-order valence-electron chi connectivity index (χ1n) is 7.44. The number of imide groups is 1. The number of hydrogen-bond acceptors (Lipinski definition) is 6. The fourth-order valence-electron chi connectivity index (χ4n) is 1.73. The van der Waals surface area contributed by atoms with Crippen molar-refractivity contribution in [2.45, 2.75) is 19.8 Å². The number of ether oxygens (including phenoxy) is 1. The van der Waals surface area contributed by atoms with E-state index in [9.17, 15) is 19.2 Å². The minimum Gasteiger partial charge on any atom is -0.379 e. The van der Waals surface area contributed by atoms with Gasteiger partial charge in [-0.3, -0.25) is 29.5 Å². The predicted octanol–water partition coefficient (Wildman–Crippen LogP) is -1.53. The Hall–Kier alpha value is -2.26. The normalized spacial score (nSPS) is 13.5. The number of carbonyl (C=O) groups is 4. The van der Waals surface area contributed by atoms with Crippen LogP contribution >= 0.6 is 0 Å². The van der Waals surface area contributed by atoms with Crippen LogP contribution in [-0.2, 0) is 23.9 Å². The van der Waals surface area contributed by atoms with E-state index in [1.807, 2.05) is 6.92 Å². The zero-order chi connectivity index (χ0) is 17.1. The Morgan fingerprint density at radius 3 is 2.43 bits per heavy atom. The van der Waals surface area contributed by atoms with Crippen molar-refractivity contribution < 1.29 is 23.9 Å². The van der Waals surface area contributed by atoms with Gasteiger partial charge in [0.1, 0.15) is 0 Å². The van der Waals surface area contributed by atoms with Crippen LogP contribution in [0.5, 0.6) is 0 Å². The summed E-state index contributed by atoms with van der Waals surface area (Å²) in [5.74, 6) is -1.24. The molecule has 3 N–H and O–H groups in total. The van der Waals surface area contributed by atoms with Gasteiger partial charge < -0.3 is 10.1 Å².